The van der Waals surface area contributed by atoms with Crippen molar-refractivity contribution in [1.82, 2.24) is 4.98 Å². The normalized spacial score (nSPS) is 17.7. The molecular weight excluding hydrogens is 207 g/mol. The van der Waals surface area contributed by atoms with Crippen molar-refractivity contribution in [3.05, 3.63) is 24.0 Å². The smallest absolute Gasteiger partial charge is 0.367 e. The lowest BCUT2D eigenvalue weighted by Gasteiger charge is -2.38. The number of hydrogen-bond acceptors (Lipinski definition) is 3. The largest absolute Gasteiger partial charge is 0.417 e. The maximum Gasteiger partial charge on any atom is 0.417 e. The van der Waals surface area contributed by atoms with Gasteiger partial charge in [-0.15, -0.1) is 0 Å². The summed E-state index contributed by atoms with van der Waals surface area (Å²) in [5, 5.41) is 0. The van der Waals surface area contributed by atoms with E-state index in [1.54, 1.807) is 4.90 Å². The van der Waals surface area contributed by atoms with Gasteiger partial charge >= 0.3 is 6.18 Å². The molecule has 1 fully saturated rings. The molecule has 82 valence electrons. The van der Waals surface area contributed by atoms with Gasteiger partial charge in [0.05, 0.1) is 17.4 Å². The summed E-state index contributed by atoms with van der Waals surface area (Å²) in [6, 6.07) is 1.15. The minimum atomic E-state index is -4.34. The number of rotatable bonds is 1. The maximum absolute atomic E-state index is 12.3. The van der Waals surface area contributed by atoms with Crippen LogP contribution in [-0.4, -0.2) is 24.1 Å². The third-order valence-corrected chi connectivity index (χ3v) is 2.33. The van der Waals surface area contributed by atoms with E-state index < -0.39 is 11.7 Å². The van der Waals surface area contributed by atoms with Gasteiger partial charge in [-0.2, -0.15) is 13.2 Å². The molecule has 0 spiro atoms. The molecule has 2 N–H and O–H groups in total. The number of hydrogen-bond donors (Lipinski definition) is 1. The first-order valence-corrected chi connectivity index (χ1v) is 4.49. The highest BCUT2D eigenvalue weighted by Crippen LogP contribution is 2.31. The van der Waals surface area contributed by atoms with Crippen molar-refractivity contribution in [3.63, 3.8) is 0 Å². The van der Waals surface area contributed by atoms with Crippen LogP contribution in [0.25, 0.3) is 0 Å². The second kappa shape index (κ2) is 3.37. The summed E-state index contributed by atoms with van der Waals surface area (Å²) in [4.78, 5) is 5.35. The average molecular weight is 217 g/mol. The van der Waals surface area contributed by atoms with E-state index in [9.17, 15) is 13.2 Å². The van der Waals surface area contributed by atoms with E-state index in [-0.39, 0.29) is 6.04 Å². The summed E-state index contributed by atoms with van der Waals surface area (Å²) in [5.74, 6) is 0. The fourth-order valence-electron chi connectivity index (χ4n) is 1.48. The van der Waals surface area contributed by atoms with Gasteiger partial charge in [0.25, 0.3) is 0 Å². The molecule has 6 heteroatoms. The molecule has 3 nitrogen and oxygen atoms in total. The SMILES string of the molecule is NC1CN(c2cncc(C(F)(F)F)c2)C1. The predicted octanol–water partition coefficient (Wildman–Crippen LogP) is 1.25. The fourth-order valence-corrected chi connectivity index (χ4v) is 1.48. The lowest BCUT2D eigenvalue weighted by molar-refractivity contribution is -0.137. The highest BCUT2D eigenvalue weighted by atomic mass is 19.4. The number of aromatic nitrogens is 1. The van der Waals surface area contributed by atoms with Gasteiger partial charge in [-0.3, -0.25) is 4.98 Å². The van der Waals surface area contributed by atoms with Crippen molar-refractivity contribution < 1.29 is 13.2 Å². The topological polar surface area (TPSA) is 42.1 Å². The van der Waals surface area contributed by atoms with Crippen LogP contribution in [0, 0.1) is 0 Å². The fraction of sp³-hybridized carbons (Fsp3) is 0.444. The van der Waals surface area contributed by atoms with E-state index in [4.69, 9.17) is 5.73 Å². The van der Waals surface area contributed by atoms with Crippen molar-refractivity contribution >= 4 is 5.69 Å². The molecule has 1 aliphatic heterocycles. The molecule has 0 unspecified atom stereocenters. The van der Waals surface area contributed by atoms with E-state index >= 15 is 0 Å². The Hall–Kier alpha value is -1.30. The van der Waals surface area contributed by atoms with E-state index in [1.807, 2.05) is 0 Å². The molecule has 0 bridgehead atoms. The van der Waals surface area contributed by atoms with Gasteiger partial charge in [-0.05, 0) is 6.07 Å². The summed E-state index contributed by atoms with van der Waals surface area (Å²) in [6.07, 6.45) is -2.10. The molecule has 0 amide bonds. The Morgan fingerprint density at radius 2 is 2.00 bits per heavy atom. The van der Waals surface area contributed by atoms with Crippen LogP contribution in [0.4, 0.5) is 18.9 Å². The van der Waals surface area contributed by atoms with Crippen molar-refractivity contribution in [2.75, 3.05) is 18.0 Å². The molecule has 1 aliphatic rings. The maximum atomic E-state index is 12.3. The number of nitrogens with zero attached hydrogens (tertiary/aromatic N) is 2. The predicted molar refractivity (Wildman–Crippen MR) is 49.4 cm³/mol. The Morgan fingerprint density at radius 1 is 1.33 bits per heavy atom. The van der Waals surface area contributed by atoms with Crippen LogP contribution < -0.4 is 10.6 Å². The van der Waals surface area contributed by atoms with Crippen LogP contribution in [0.1, 0.15) is 5.56 Å². The highest BCUT2D eigenvalue weighted by molar-refractivity contribution is 5.49. The molecule has 0 aliphatic carbocycles. The lowest BCUT2D eigenvalue weighted by Crippen LogP contribution is -2.55. The van der Waals surface area contributed by atoms with Crippen molar-refractivity contribution in [2.24, 2.45) is 5.73 Å². The Bertz CT molecular complexity index is 358. The van der Waals surface area contributed by atoms with Gasteiger partial charge in [0.2, 0.25) is 0 Å². The first-order valence-electron chi connectivity index (χ1n) is 4.49. The molecule has 0 atom stereocenters. The number of anilines is 1. The summed E-state index contributed by atoms with van der Waals surface area (Å²) < 4.78 is 37.0. The molecule has 1 saturated heterocycles. The molecule has 0 saturated carbocycles. The van der Waals surface area contributed by atoms with Crippen molar-refractivity contribution in [1.29, 1.82) is 0 Å². The zero-order valence-corrected chi connectivity index (χ0v) is 7.83. The first-order chi connectivity index (χ1) is 6.97. The van der Waals surface area contributed by atoms with Gasteiger partial charge < -0.3 is 10.6 Å². The lowest BCUT2D eigenvalue weighted by atomic mass is 10.1. The molecule has 1 aromatic rings. The Labute approximate surface area is 84.7 Å². The van der Waals surface area contributed by atoms with Gasteiger partial charge in [0.1, 0.15) is 0 Å². The van der Waals surface area contributed by atoms with Gasteiger partial charge in [0, 0.05) is 25.3 Å². The molecular formula is C9H10F3N3. The highest BCUT2D eigenvalue weighted by Gasteiger charge is 2.32. The number of halogens is 3. The number of pyridine rings is 1. The molecule has 2 heterocycles. The van der Waals surface area contributed by atoms with E-state index in [0.717, 1.165) is 12.3 Å². The van der Waals surface area contributed by atoms with E-state index in [1.165, 1.54) is 6.20 Å². The molecule has 15 heavy (non-hydrogen) atoms. The second-order valence-electron chi connectivity index (χ2n) is 3.59. The quantitative estimate of drug-likeness (QED) is 0.769. The van der Waals surface area contributed by atoms with Crippen LogP contribution in [0.2, 0.25) is 0 Å². The van der Waals surface area contributed by atoms with Crippen LogP contribution in [0.15, 0.2) is 18.5 Å². The Morgan fingerprint density at radius 3 is 2.53 bits per heavy atom. The number of alkyl halides is 3. The van der Waals surface area contributed by atoms with Gasteiger partial charge in [0.15, 0.2) is 0 Å². The van der Waals surface area contributed by atoms with E-state index in [0.29, 0.717) is 18.8 Å². The van der Waals surface area contributed by atoms with Crippen LogP contribution in [-0.2, 0) is 6.18 Å². The summed E-state index contributed by atoms with van der Waals surface area (Å²) in [5.41, 5.74) is 5.30. The molecule has 1 aromatic heterocycles. The van der Waals surface area contributed by atoms with Crippen LogP contribution in [0.5, 0.6) is 0 Å². The second-order valence-corrected chi connectivity index (χ2v) is 3.59. The zero-order chi connectivity index (χ0) is 11.1. The van der Waals surface area contributed by atoms with Crippen molar-refractivity contribution in [2.45, 2.75) is 12.2 Å². The molecule has 0 aromatic carbocycles. The minimum Gasteiger partial charge on any atom is -0.367 e. The van der Waals surface area contributed by atoms with Crippen molar-refractivity contribution in [3.8, 4) is 0 Å². The van der Waals surface area contributed by atoms with Gasteiger partial charge in [-0.1, -0.05) is 0 Å². The Balaban J connectivity index is 2.20. The standard InChI is InChI=1S/C9H10F3N3/c10-9(11,12)6-1-8(3-14-2-6)15-4-7(13)5-15/h1-3,7H,4-5,13H2. The minimum absolute atomic E-state index is 0.0551. The molecule has 0 radical (unpaired) electrons. The Kier molecular flexibility index (Phi) is 2.30. The monoisotopic (exact) mass is 217 g/mol. The number of nitrogens with two attached hydrogens (primary N) is 1. The van der Waals surface area contributed by atoms with Crippen LogP contribution in [0.3, 0.4) is 0 Å². The summed E-state index contributed by atoms with van der Waals surface area (Å²) >= 11 is 0. The summed E-state index contributed by atoms with van der Waals surface area (Å²) in [6.45, 7) is 1.17. The van der Waals surface area contributed by atoms with Crippen LogP contribution >= 0.6 is 0 Å². The van der Waals surface area contributed by atoms with Gasteiger partial charge in [-0.25, -0.2) is 0 Å². The zero-order valence-electron chi connectivity index (χ0n) is 7.83. The average Bonchev–Trinajstić information content (AvgIpc) is 2.12. The van der Waals surface area contributed by atoms with E-state index in [2.05, 4.69) is 4.98 Å². The summed E-state index contributed by atoms with van der Waals surface area (Å²) in [7, 11) is 0. The third kappa shape index (κ3) is 2.04. The first kappa shape index (κ1) is 10.2. The molecule has 2 rings (SSSR count). The third-order valence-electron chi connectivity index (χ3n) is 2.33.